The van der Waals surface area contributed by atoms with Crippen molar-refractivity contribution >= 4 is 16.9 Å². The Morgan fingerprint density at radius 1 is 1.24 bits per heavy atom. The number of aromatic nitrogens is 6. The fourth-order valence-electron chi connectivity index (χ4n) is 4.52. The van der Waals surface area contributed by atoms with Crippen LogP contribution in [0.25, 0.3) is 11.0 Å². The lowest BCUT2D eigenvalue weighted by Crippen LogP contribution is -2.39. The summed E-state index contributed by atoms with van der Waals surface area (Å²) in [7, 11) is 0. The molecule has 154 valence electrons. The summed E-state index contributed by atoms with van der Waals surface area (Å²) >= 11 is 0. The van der Waals surface area contributed by atoms with Crippen LogP contribution in [0.5, 0.6) is 0 Å². The summed E-state index contributed by atoms with van der Waals surface area (Å²) in [6.07, 6.45) is 7.69. The zero-order valence-corrected chi connectivity index (χ0v) is 17.1. The minimum Gasteiger partial charge on any atom is -0.346 e. The van der Waals surface area contributed by atoms with Gasteiger partial charge in [0.25, 0.3) is 0 Å². The molecular formula is C21H29N7O. The first-order chi connectivity index (χ1) is 14.0. The van der Waals surface area contributed by atoms with Gasteiger partial charge >= 0.3 is 0 Å². The molecule has 2 aromatic heterocycles. The van der Waals surface area contributed by atoms with Crippen LogP contribution in [-0.4, -0.2) is 36.1 Å². The van der Waals surface area contributed by atoms with Crippen molar-refractivity contribution in [2.45, 2.75) is 65.0 Å². The molecule has 1 saturated carbocycles. The number of H-pyrrole nitrogens is 1. The molecule has 1 amide bonds. The van der Waals surface area contributed by atoms with Crippen LogP contribution in [0.2, 0.25) is 0 Å². The SMILES string of the molecule is CC(C)C(NC(=O)CC1(Cn2cnnn2)CCCCC1)c1nc2ccccc2[nH]1. The molecule has 1 unspecified atom stereocenters. The monoisotopic (exact) mass is 395 g/mol. The van der Waals surface area contributed by atoms with E-state index in [0.717, 1.165) is 42.5 Å². The highest BCUT2D eigenvalue weighted by Gasteiger charge is 2.36. The molecule has 0 aliphatic heterocycles. The molecule has 2 N–H and O–H groups in total. The highest BCUT2D eigenvalue weighted by atomic mass is 16.1. The minimum atomic E-state index is -0.149. The van der Waals surface area contributed by atoms with Gasteiger partial charge in [-0.05, 0) is 46.7 Å². The number of benzene rings is 1. The van der Waals surface area contributed by atoms with Gasteiger partial charge in [0.15, 0.2) is 0 Å². The lowest BCUT2D eigenvalue weighted by Gasteiger charge is -2.37. The molecule has 0 spiro atoms. The van der Waals surface area contributed by atoms with E-state index in [1.54, 1.807) is 11.0 Å². The van der Waals surface area contributed by atoms with Gasteiger partial charge in [-0.1, -0.05) is 45.2 Å². The molecule has 1 aromatic carbocycles. The number of hydrogen-bond donors (Lipinski definition) is 2. The molecule has 0 radical (unpaired) electrons. The van der Waals surface area contributed by atoms with E-state index in [4.69, 9.17) is 4.98 Å². The van der Waals surface area contributed by atoms with Gasteiger partial charge in [-0.2, -0.15) is 0 Å². The maximum absolute atomic E-state index is 13.1. The van der Waals surface area contributed by atoms with Crippen molar-refractivity contribution in [3.8, 4) is 0 Å². The summed E-state index contributed by atoms with van der Waals surface area (Å²) in [5.41, 5.74) is 1.82. The predicted octanol–water partition coefficient (Wildman–Crippen LogP) is 3.40. The van der Waals surface area contributed by atoms with Gasteiger partial charge in [-0.15, -0.1) is 5.10 Å². The second-order valence-corrected chi connectivity index (χ2v) is 8.67. The highest BCUT2D eigenvalue weighted by molar-refractivity contribution is 5.78. The second kappa shape index (κ2) is 8.31. The highest BCUT2D eigenvalue weighted by Crippen LogP contribution is 2.41. The normalized spacial score (nSPS) is 17.5. The summed E-state index contributed by atoms with van der Waals surface area (Å²) in [6.45, 7) is 4.90. The van der Waals surface area contributed by atoms with Crippen molar-refractivity contribution in [1.29, 1.82) is 0 Å². The van der Waals surface area contributed by atoms with Gasteiger partial charge in [0.05, 0.1) is 23.6 Å². The second-order valence-electron chi connectivity index (χ2n) is 8.67. The Kier molecular flexibility index (Phi) is 5.60. The van der Waals surface area contributed by atoms with Gasteiger partial charge < -0.3 is 10.3 Å². The number of fused-ring (bicyclic) bond motifs is 1. The number of para-hydroxylation sites is 2. The topological polar surface area (TPSA) is 101 Å². The van der Waals surface area contributed by atoms with E-state index in [2.05, 4.69) is 39.7 Å². The number of rotatable bonds is 7. The van der Waals surface area contributed by atoms with Crippen molar-refractivity contribution in [3.05, 3.63) is 36.4 Å². The lowest BCUT2D eigenvalue weighted by molar-refractivity contribution is -0.125. The van der Waals surface area contributed by atoms with Crippen molar-refractivity contribution in [1.82, 2.24) is 35.5 Å². The molecule has 1 aliphatic rings. The summed E-state index contributed by atoms with van der Waals surface area (Å²) in [5, 5.41) is 14.8. The van der Waals surface area contributed by atoms with Crippen LogP contribution in [0.4, 0.5) is 0 Å². The van der Waals surface area contributed by atoms with Gasteiger partial charge in [0.1, 0.15) is 12.2 Å². The Balaban J connectivity index is 1.50. The Bertz CT molecular complexity index is 908. The molecule has 4 rings (SSSR count). The molecule has 0 saturated heterocycles. The number of imidazole rings is 1. The molecule has 1 fully saturated rings. The molecule has 1 atom stereocenters. The number of tetrazole rings is 1. The zero-order valence-electron chi connectivity index (χ0n) is 17.1. The zero-order chi connectivity index (χ0) is 20.3. The van der Waals surface area contributed by atoms with Gasteiger partial charge in [0, 0.05) is 6.42 Å². The van der Waals surface area contributed by atoms with Gasteiger partial charge in [-0.3, -0.25) is 4.79 Å². The van der Waals surface area contributed by atoms with Crippen LogP contribution < -0.4 is 5.32 Å². The van der Waals surface area contributed by atoms with E-state index < -0.39 is 0 Å². The molecule has 2 heterocycles. The Morgan fingerprint density at radius 3 is 2.72 bits per heavy atom. The Labute approximate surface area is 170 Å². The first kappa shape index (κ1) is 19.5. The third-order valence-electron chi connectivity index (χ3n) is 6.02. The Hall–Kier alpha value is -2.77. The van der Waals surface area contributed by atoms with Gasteiger partial charge in [-0.25, -0.2) is 9.67 Å². The number of hydrogen-bond acceptors (Lipinski definition) is 5. The summed E-state index contributed by atoms with van der Waals surface area (Å²) in [5.74, 6) is 1.10. The van der Waals surface area contributed by atoms with Crippen molar-refractivity contribution in [2.24, 2.45) is 11.3 Å². The standard InChI is InChI=1S/C21H29N7O/c1-15(2)19(20-23-16-8-4-5-9-17(16)24-20)25-18(29)12-21(10-6-3-7-11-21)13-28-14-22-26-27-28/h4-5,8-9,14-15,19H,3,6-7,10-13H2,1-2H3,(H,23,24)(H,25,29). The van der Waals surface area contributed by atoms with Crippen LogP contribution in [0.15, 0.2) is 30.6 Å². The lowest BCUT2D eigenvalue weighted by atomic mass is 9.71. The number of aromatic amines is 1. The predicted molar refractivity (Wildman–Crippen MR) is 110 cm³/mol. The maximum Gasteiger partial charge on any atom is 0.221 e. The maximum atomic E-state index is 13.1. The Morgan fingerprint density at radius 2 is 2.03 bits per heavy atom. The molecule has 0 bridgehead atoms. The van der Waals surface area contributed by atoms with E-state index >= 15 is 0 Å². The fraction of sp³-hybridized carbons (Fsp3) is 0.571. The molecular weight excluding hydrogens is 366 g/mol. The number of nitrogens with zero attached hydrogens (tertiary/aromatic N) is 5. The third kappa shape index (κ3) is 4.46. The van der Waals surface area contributed by atoms with E-state index in [0.29, 0.717) is 13.0 Å². The van der Waals surface area contributed by atoms with Crippen LogP contribution in [0, 0.1) is 11.3 Å². The molecule has 1 aliphatic carbocycles. The van der Waals surface area contributed by atoms with E-state index in [1.807, 2.05) is 24.3 Å². The summed E-state index contributed by atoms with van der Waals surface area (Å²) < 4.78 is 1.76. The first-order valence-electron chi connectivity index (χ1n) is 10.5. The summed E-state index contributed by atoms with van der Waals surface area (Å²) in [6, 6.07) is 7.80. The average molecular weight is 396 g/mol. The first-order valence-corrected chi connectivity index (χ1v) is 10.5. The largest absolute Gasteiger partial charge is 0.346 e. The molecule has 8 nitrogen and oxygen atoms in total. The van der Waals surface area contributed by atoms with Crippen LogP contribution in [0.3, 0.4) is 0 Å². The minimum absolute atomic E-state index is 0.0686. The van der Waals surface area contributed by atoms with Crippen molar-refractivity contribution < 1.29 is 4.79 Å². The van der Waals surface area contributed by atoms with E-state index in [1.165, 1.54) is 6.42 Å². The van der Waals surface area contributed by atoms with E-state index in [-0.39, 0.29) is 23.3 Å². The number of nitrogens with one attached hydrogen (secondary N) is 2. The molecule has 3 aromatic rings. The quantitative estimate of drug-likeness (QED) is 0.638. The number of carbonyl (C=O) groups is 1. The van der Waals surface area contributed by atoms with Crippen LogP contribution >= 0.6 is 0 Å². The van der Waals surface area contributed by atoms with Crippen molar-refractivity contribution in [3.63, 3.8) is 0 Å². The molecule has 8 heteroatoms. The fourth-order valence-corrected chi connectivity index (χ4v) is 4.52. The third-order valence-corrected chi connectivity index (χ3v) is 6.02. The van der Waals surface area contributed by atoms with Gasteiger partial charge in [0.2, 0.25) is 5.91 Å². The number of amides is 1. The van der Waals surface area contributed by atoms with E-state index in [9.17, 15) is 4.79 Å². The van der Waals surface area contributed by atoms with Crippen LogP contribution in [-0.2, 0) is 11.3 Å². The summed E-state index contributed by atoms with van der Waals surface area (Å²) in [4.78, 5) is 21.2. The average Bonchev–Trinajstić information content (AvgIpc) is 3.35. The molecule has 29 heavy (non-hydrogen) atoms. The van der Waals surface area contributed by atoms with Crippen LogP contribution in [0.1, 0.15) is 64.2 Å². The number of carbonyl (C=O) groups excluding carboxylic acids is 1. The van der Waals surface area contributed by atoms with Crippen molar-refractivity contribution in [2.75, 3.05) is 0 Å². The smallest absolute Gasteiger partial charge is 0.221 e.